The average molecular weight is 303 g/mol. The van der Waals surface area contributed by atoms with Gasteiger partial charge in [0.05, 0.1) is 5.69 Å². The molecule has 0 saturated carbocycles. The van der Waals surface area contributed by atoms with Crippen molar-refractivity contribution >= 4 is 18.1 Å². The van der Waals surface area contributed by atoms with Crippen LogP contribution in [0.4, 0.5) is 0 Å². The van der Waals surface area contributed by atoms with E-state index in [1.807, 2.05) is 68.8 Å². The number of carbonyl (C=O) groups excluding carboxylic acids is 1. The molecule has 112 valence electrons. The Balaban J connectivity index is 2.39. The second kappa shape index (κ2) is 5.85. The number of aromatic nitrogens is 2. The highest BCUT2D eigenvalue weighted by Crippen LogP contribution is 2.23. The van der Waals surface area contributed by atoms with E-state index in [0.29, 0.717) is 4.77 Å². The van der Waals surface area contributed by atoms with Gasteiger partial charge in [-0.1, -0.05) is 30.3 Å². The monoisotopic (exact) mass is 303 g/mol. The van der Waals surface area contributed by atoms with Crippen molar-refractivity contribution in [2.45, 2.75) is 39.3 Å². The van der Waals surface area contributed by atoms with Crippen molar-refractivity contribution in [3.8, 4) is 11.3 Å². The predicted octanol–water partition coefficient (Wildman–Crippen LogP) is 3.69. The van der Waals surface area contributed by atoms with Gasteiger partial charge in [0.2, 0.25) is 5.91 Å². The van der Waals surface area contributed by atoms with Crippen LogP contribution in [0.2, 0.25) is 0 Å². The Kier molecular flexibility index (Phi) is 4.32. The smallest absolute Gasteiger partial charge is 0.243 e. The second-order valence-corrected chi connectivity index (χ2v) is 6.52. The fourth-order valence-electron chi connectivity index (χ4n) is 2.19. The molecule has 1 aromatic heterocycles. The molecule has 0 aliphatic carbocycles. The van der Waals surface area contributed by atoms with Crippen LogP contribution in [0.1, 0.15) is 33.7 Å². The summed E-state index contributed by atoms with van der Waals surface area (Å²) >= 11 is 5.34. The Hall–Kier alpha value is -1.88. The van der Waals surface area contributed by atoms with E-state index < -0.39 is 0 Å². The van der Waals surface area contributed by atoms with Crippen LogP contribution in [0.5, 0.6) is 0 Å². The van der Waals surface area contributed by atoms with E-state index in [2.05, 4.69) is 10.3 Å². The second-order valence-electron chi connectivity index (χ2n) is 6.13. The standard InChI is InChI=1S/C16H21N3OS/c1-11(14(20)18-16(2,3)4)19-13(10-17-15(19)21)12-8-6-5-7-9-12/h5-11H,1-4H3,(H,17,21)(H,18,20). The minimum atomic E-state index is -0.377. The van der Waals surface area contributed by atoms with Crippen molar-refractivity contribution in [3.63, 3.8) is 0 Å². The van der Waals surface area contributed by atoms with Gasteiger partial charge in [0.25, 0.3) is 0 Å². The van der Waals surface area contributed by atoms with Crippen LogP contribution in [0.15, 0.2) is 36.5 Å². The van der Waals surface area contributed by atoms with Crippen LogP contribution in [0.3, 0.4) is 0 Å². The molecule has 2 N–H and O–H groups in total. The zero-order valence-corrected chi connectivity index (χ0v) is 13.6. The SMILES string of the molecule is CC(C(=O)NC(C)(C)C)n1c(-c2ccccc2)c[nH]c1=S. The molecule has 1 heterocycles. The summed E-state index contributed by atoms with van der Waals surface area (Å²) in [7, 11) is 0. The Bertz CT molecular complexity index is 680. The van der Waals surface area contributed by atoms with Crippen LogP contribution >= 0.6 is 12.2 Å². The molecular formula is C16H21N3OS. The number of benzene rings is 1. The number of amides is 1. The molecule has 0 saturated heterocycles. The van der Waals surface area contributed by atoms with Gasteiger partial charge < -0.3 is 14.9 Å². The van der Waals surface area contributed by atoms with Gasteiger partial charge in [0.1, 0.15) is 6.04 Å². The van der Waals surface area contributed by atoms with Gasteiger partial charge >= 0.3 is 0 Å². The Morgan fingerprint density at radius 2 is 1.90 bits per heavy atom. The fourth-order valence-corrected chi connectivity index (χ4v) is 2.50. The number of rotatable bonds is 3. The largest absolute Gasteiger partial charge is 0.350 e. The van der Waals surface area contributed by atoms with E-state index in [1.54, 1.807) is 0 Å². The first kappa shape index (κ1) is 15.5. The zero-order valence-electron chi connectivity index (χ0n) is 12.8. The van der Waals surface area contributed by atoms with Crippen molar-refractivity contribution in [1.82, 2.24) is 14.9 Å². The molecule has 0 aliphatic heterocycles. The molecule has 0 fully saturated rings. The maximum Gasteiger partial charge on any atom is 0.243 e. The summed E-state index contributed by atoms with van der Waals surface area (Å²) in [6.45, 7) is 7.75. The number of hydrogen-bond donors (Lipinski definition) is 2. The van der Waals surface area contributed by atoms with Gasteiger partial charge in [0.15, 0.2) is 4.77 Å². The molecule has 4 nitrogen and oxygen atoms in total. The molecule has 1 amide bonds. The van der Waals surface area contributed by atoms with E-state index in [1.165, 1.54) is 0 Å². The number of H-pyrrole nitrogens is 1. The molecule has 0 aliphatic rings. The number of nitrogens with zero attached hydrogens (tertiary/aromatic N) is 1. The van der Waals surface area contributed by atoms with Crippen molar-refractivity contribution in [2.24, 2.45) is 0 Å². The number of aromatic amines is 1. The minimum absolute atomic E-state index is 0.0459. The Labute approximate surface area is 130 Å². The minimum Gasteiger partial charge on any atom is -0.350 e. The summed E-state index contributed by atoms with van der Waals surface area (Å²) in [6.07, 6.45) is 1.85. The van der Waals surface area contributed by atoms with E-state index in [0.717, 1.165) is 11.3 Å². The molecule has 21 heavy (non-hydrogen) atoms. The lowest BCUT2D eigenvalue weighted by Crippen LogP contribution is -2.43. The molecule has 2 rings (SSSR count). The highest BCUT2D eigenvalue weighted by Gasteiger charge is 2.23. The summed E-state index contributed by atoms with van der Waals surface area (Å²) < 4.78 is 2.40. The molecule has 5 heteroatoms. The first-order valence-corrected chi connectivity index (χ1v) is 7.38. The normalized spacial score (nSPS) is 13.0. The Morgan fingerprint density at radius 1 is 1.29 bits per heavy atom. The number of nitrogens with one attached hydrogen (secondary N) is 2. The quantitative estimate of drug-likeness (QED) is 0.850. The fraction of sp³-hybridized carbons (Fsp3) is 0.375. The van der Waals surface area contributed by atoms with Crippen molar-refractivity contribution < 1.29 is 4.79 Å². The lowest BCUT2D eigenvalue weighted by Gasteiger charge is -2.24. The predicted molar refractivity (Wildman–Crippen MR) is 87.7 cm³/mol. The van der Waals surface area contributed by atoms with Gasteiger partial charge in [-0.25, -0.2) is 0 Å². The maximum atomic E-state index is 12.4. The molecule has 0 spiro atoms. The molecule has 1 atom stereocenters. The van der Waals surface area contributed by atoms with Crippen LogP contribution in [-0.4, -0.2) is 21.0 Å². The van der Waals surface area contributed by atoms with E-state index in [9.17, 15) is 4.79 Å². The third-order valence-corrected chi connectivity index (χ3v) is 3.46. The van der Waals surface area contributed by atoms with E-state index >= 15 is 0 Å². The first-order valence-electron chi connectivity index (χ1n) is 6.97. The highest BCUT2D eigenvalue weighted by molar-refractivity contribution is 7.71. The molecule has 1 aromatic carbocycles. The number of hydrogen-bond acceptors (Lipinski definition) is 2. The lowest BCUT2D eigenvalue weighted by atomic mass is 10.1. The average Bonchev–Trinajstić information content (AvgIpc) is 2.79. The summed E-state index contributed by atoms with van der Waals surface area (Å²) in [5, 5.41) is 2.99. The third kappa shape index (κ3) is 3.61. The molecular weight excluding hydrogens is 282 g/mol. The summed E-state index contributed by atoms with van der Waals surface area (Å²) in [6, 6.07) is 9.53. The number of carbonyl (C=O) groups is 1. The van der Waals surface area contributed by atoms with Crippen molar-refractivity contribution in [1.29, 1.82) is 0 Å². The molecule has 2 aromatic rings. The van der Waals surface area contributed by atoms with Crippen LogP contribution in [0, 0.1) is 4.77 Å². The van der Waals surface area contributed by atoms with Crippen LogP contribution in [-0.2, 0) is 4.79 Å². The molecule has 0 radical (unpaired) electrons. The summed E-state index contributed by atoms with van der Waals surface area (Å²) in [5.41, 5.74) is 1.67. The maximum absolute atomic E-state index is 12.4. The summed E-state index contributed by atoms with van der Waals surface area (Å²) in [4.78, 5) is 15.4. The lowest BCUT2D eigenvalue weighted by molar-refractivity contribution is -0.125. The van der Waals surface area contributed by atoms with E-state index in [-0.39, 0.29) is 17.5 Å². The highest BCUT2D eigenvalue weighted by atomic mass is 32.1. The van der Waals surface area contributed by atoms with E-state index in [4.69, 9.17) is 12.2 Å². The van der Waals surface area contributed by atoms with Crippen molar-refractivity contribution in [2.75, 3.05) is 0 Å². The van der Waals surface area contributed by atoms with Gasteiger partial charge in [-0.2, -0.15) is 0 Å². The third-order valence-electron chi connectivity index (χ3n) is 3.15. The molecule has 1 unspecified atom stereocenters. The van der Waals surface area contributed by atoms with Crippen molar-refractivity contribution in [3.05, 3.63) is 41.3 Å². The Morgan fingerprint density at radius 3 is 2.48 bits per heavy atom. The topological polar surface area (TPSA) is 49.8 Å². The molecule has 0 bridgehead atoms. The zero-order chi connectivity index (χ0) is 15.6. The number of imidazole rings is 1. The first-order chi connectivity index (χ1) is 9.79. The van der Waals surface area contributed by atoms with Gasteiger partial charge in [-0.15, -0.1) is 0 Å². The van der Waals surface area contributed by atoms with Gasteiger partial charge in [0, 0.05) is 11.7 Å². The summed E-state index contributed by atoms with van der Waals surface area (Å²) in [5.74, 6) is -0.0459. The van der Waals surface area contributed by atoms with Gasteiger partial charge in [-0.05, 0) is 45.5 Å². The van der Waals surface area contributed by atoms with Gasteiger partial charge in [-0.3, -0.25) is 4.79 Å². The van der Waals surface area contributed by atoms with Crippen LogP contribution < -0.4 is 5.32 Å². The van der Waals surface area contributed by atoms with Crippen LogP contribution in [0.25, 0.3) is 11.3 Å².